The van der Waals surface area contributed by atoms with E-state index in [1.807, 2.05) is 0 Å². The molecule has 1 atom stereocenters. The van der Waals surface area contributed by atoms with Crippen molar-refractivity contribution < 1.29 is 0 Å². The van der Waals surface area contributed by atoms with Gasteiger partial charge in [0.25, 0.3) is 0 Å². The molecule has 1 rings (SSSR count). The Morgan fingerprint density at radius 3 is 2.00 bits per heavy atom. The first-order valence-corrected chi connectivity index (χ1v) is 5.75. The molecule has 0 saturated carbocycles. The van der Waals surface area contributed by atoms with Crippen LogP contribution in [-0.4, -0.2) is 47.9 Å². The van der Waals surface area contributed by atoms with E-state index in [4.69, 9.17) is 0 Å². The summed E-state index contributed by atoms with van der Waals surface area (Å²) in [7, 11) is 0. The zero-order valence-electron chi connectivity index (χ0n) is 9.03. The maximum atomic E-state index is 4.45. The molecule has 3 heteroatoms. The molecular weight excluding hydrogens is 180 g/mol. The van der Waals surface area contributed by atoms with Crippen LogP contribution in [0.4, 0.5) is 0 Å². The lowest BCUT2D eigenvalue weighted by atomic mass is 10.2. The lowest BCUT2D eigenvalue weighted by Crippen LogP contribution is -2.49. The summed E-state index contributed by atoms with van der Waals surface area (Å²) in [5, 5.41) is 0.418. The van der Waals surface area contributed by atoms with Crippen molar-refractivity contribution in [3.63, 3.8) is 0 Å². The molecule has 1 aliphatic rings. The monoisotopic (exact) mass is 202 g/mol. The maximum Gasteiger partial charge on any atom is 0.0500 e. The molecule has 0 amide bonds. The van der Waals surface area contributed by atoms with E-state index >= 15 is 0 Å². The Morgan fingerprint density at radius 1 is 1.08 bits per heavy atom. The predicted molar refractivity (Wildman–Crippen MR) is 61.3 cm³/mol. The topological polar surface area (TPSA) is 6.48 Å². The summed E-state index contributed by atoms with van der Waals surface area (Å²) in [4.78, 5) is 4.98. The van der Waals surface area contributed by atoms with Crippen LogP contribution in [0.1, 0.15) is 20.8 Å². The van der Waals surface area contributed by atoms with E-state index in [-0.39, 0.29) is 0 Å². The summed E-state index contributed by atoms with van der Waals surface area (Å²) < 4.78 is 0. The number of rotatable bonds is 3. The molecule has 2 nitrogen and oxygen atoms in total. The Morgan fingerprint density at radius 2 is 1.62 bits per heavy atom. The second kappa shape index (κ2) is 5.23. The van der Waals surface area contributed by atoms with Crippen LogP contribution in [0, 0.1) is 5.92 Å². The highest BCUT2D eigenvalue weighted by Gasteiger charge is 2.18. The van der Waals surface area contributed by atoms with Gasteiger partial charge in [-0.05, 0) is 12.8 Å². The van der Waals surface area contributed by atoms with Gasteiger partial charge < -0.3 is 4.90 Å². The third-order valence-corrected chi connectivity index (χ3v) is 2.89. The highest BCUT2D eigenvalue weighted by atomic mass is 32.1. The largest absolute Gasteiger partial charge is 0.301 e. The molecule has 1 heterocycles. The quantitative estimate of drug-likeness (QED) is 0.694. The second-order valence-electron chi connectivity index (χ2n) is 4.36. The van der Waals surface area contributed by atoms with Crippen LogP contribution in [0.3, 0.4) is 0 Å². The van der Waals surface area contributed by atoms with E-state index in [9.17, 15) is 0 Å². The molecule has 1 unspecified atom stereocenters. The molecule has 1 aliphatic heterocycles. The van der Waals surface area contributed by atoms with Gasteiger partial charge >= 0.3 is 0 Å². The van der Waals surface area contributed by atoms with Crippen LogP contribution in [0.25, 0.3) is 0 Å². The van der Waals surface area contributed by atoms with Gasteiger partial charge in [-0.15, -0.1) is 0 Å². The number of nitrogens with zero attached hydrogens (tertiary/aromatic N) is 2. The predicted octanol–water partition coefficient (Wildman–Crippen LogP) is 1.54. The first-order chi connectivity index (χ1) is 6.09. The molecule has 0 aliphatic carbocycles. The summed E-state index contributed by atoms with van der Waals surface area (Å²) >= 11 is 4.45. The van der Waals surface area contributed by atoms with Gasteiger partial charge in [0, 0.05) is 38.1 Å². The lowest BCUT2D eigenvalue weighted by molar-refractivity contribution is 0.119. The molecule has 0 aromatic carbocycles. The molecule has 1 saturated heterocycles. The Balaban J connectivity index is 2.22. The van der Waals surface area contributed by atoms with Crippen LogP contribution in [0.15, 0.2) is 0 Å². The molecule has 0 aromatic heterocycles. The highest BCUT2D eigenvalue weighted by molar-refractivity contribution is 7.80. The smallest absolute Gasteiger partial charge is 0.0500 e. The molecule has 78 valence electrons. The van der Waals surface area contributed by atoms with Crippen LogP contribution in [0.2, 0.25) is 0 Å². The Hall–Kier alpha value is 0.270. The fourth-order valence-electron chi connectivity index (χ4n) is 1.84. The average molecular weight is 202 g/mol. The minimum atomic E-state index is 0.418. The van der Waals surface area contributed by atoms with Gasteiger partial charge in [0.1, 0.15) is 0 Å². The SMILES string of the molecule is CC(C)CN1CCN(C(C)S)CC1. The first kappa shape index (κ1) is 11.3. The normalized spacial score (nSPS) is 23.8. The Bertz CT molecular complexity index is 140. The van der Waals surface area contributed by atoms with E-state index in [1.165, 1.54) is 32.7 Å². The summed E-state index contributed by atoms with van der Waals surface area (Å²) in [6, 6.07) is 0. The van der Waals surface area contributed by atoms with E-state index in [0.717, 1.165) is 5.92 Å². The van der Waals surface area contributed by atoms with Gasteiger partial charge in [-0.25, -0.2) is 0 Å². The van der Waals surface area contributed by atoms with Gasteiger partial charge in [0.15, 0.2) is 0 Å². The zero-order valence-corrected chi connectivity index (χ0v) is 9.93. The van der Waals surface area contributed by atoms with Gasteiger partial charge in [0.05, 0.1) is 0 Å². The number of piperazine rings is 1. The van der Waals surface area contributed by atoms with Crippen LogP contribution in [-0.2, 0) is 0 Å². The second-order valence-corrected chi connectivity index (χ2v) is 5.11. The zero-order chi connectivity index (χ0) is 9.84. The van der Waals surface area contributed by atoms with Crippen LogP contribution >= 0.6 is 12.6 Å². The van der Waals surface area contributed by atoms with Crippen molar-refractivity contribution in [1.29, 1.82) is 0 Å². The third kappa shape index (κ3) is 3.88. The van der Waals surface area contributed by atoms with Crippen molar-refractivity contribution in [2.45, 2.75) is 26.1 Å². The number of hydrogen-bond acceptors (Lipinski definition) is 3. The van der Waals surface area contributed by atoms with Crippen molar-refractivity contribution >= 4 is 12.6 Å². The summed E-state index contributed by atoms with van der Waals surface area (Å²) in [5.74, 6) is 0.792. The molecule has 1 fully saturated rings. The van der Waals surface area contributed by atoms with E-state index in [0.29, 0.717) is 5.37 Å². The van der Waals surface area contributed by atoms with Gasteiger partial charge in [-0.2, -0.15) is 12.6 Å². The van der Waals surface area contributed by atoms with Crippen LogP contribution < -0.4 is 0 Å². The molecule has 0 N–H and O–H groups in total. The molecule has 0 radical (unpaired) electrons. The van der Waals surface area contributed by atoms with Crippen LogP contribution in [0.5, 0.6) is 0 Å². The summed E-state index contributed by atoms with van der Waals surface area (Å²) in [5.41, 5.74) is 0. The minimum Gasteiger partial charge on any atom is -0.301 e. The van der Waals surface area contributed by atoms with Gasteiger partial charge in [0.2, 0.25) is 0 Å². The van der Waals surface area contributed by atoms with Crippen molar-refractivity contribution in [1.82, 2.24) is 9.80 Å². The molecule has 0 spiro atoms. The van der Waals surface area contributed by atoms with E-state index in [1.54, 1.807) is 0 Å². The van der Waals surface area contributed by atoms with Crippen molar-refractivity contribution in [3.05, 3.63) is 0 Å². The number of thiol groups is 1. The standard InChI is InChI=1S/C10H22N2S/c1-9(2)8-11-4-6-12(7-5-11)10(3)13/h9-10,13H,4-8H2,1-3H3. The summed E-state index contributed by atoms with van der Waals surface area (Å²) in [6.07, 6.45) is 0. The fourth-order valence-corrected chi connectivity index (χ4v) is 2.07. The molecule has 0 bridgehead atoms. The molecular formula is C10H22N2S. The minimum absolute atomic E-state index is 0.418. The maximum absolute atomic E-state index is 4.45. The first-order valence-electron chi connectivity index (χ1n) is 5.24. The molecule has 0 aromatic rings. The highest BCUT2D eigenvalue weighted by Crippen LogP contribution is 2.09. The number of hydrogen-bond donors (Lipinski definition) is 1. The Labute approximate surface area is 87.7 Å². The van der Waals surface area contributed by atoms with E-state index in [2.05, 4.69) is 43.2 Å². The third-order valence-electron chi connectivity index (χ3n) is 2.56. The summed E-state index contributed by atoms with van der Waals surface area (Å²) in [6.45, 7) is 12.7. The van der Waals surface area contributed by atoms with Gasteiger partial charge in [-0.3, -0.25) is 4.90 Å². The lowest BCUT2D eigenvalue weighted by Gasteiger charge is -2.37. The fraction of sp³-hybridized carbons (Fsp3) is 1.00. The van der Waals surface area contributed by atoms with E-state index < -0.39 is 0 Å². The van der Waals surface area contributed by atoms with Crippen molar-refractivity contribution in [2.75, 3.05) is 32.7 Å². The van der Waals surface area contributed by atoms with Gasteiger partial charge in [-0.1, -0.05) is 13.8 Å². The Kier molecular flexibility index (Phi) is 4.56. The molecule has 13 heavy (non-hydrogen) atoms. The van der Waals surface area contributed by atoms with Crippen molar-refractivity contribution in [2.24, 2.45) is 5.92 Å². The van der Waals surface area contributed by atoms with Crippen molar-refractivity contribution in [3.8, 4) is 0 Å². The average Bonchev–Trinajstić information content (AvgIpc) is 2.04.